The molecule has 0 saturated carbocycles. The van der Waals surface area contributed by atoms with Gasteiger partial charge in [-0.15, -0.1) is 0 Å². The first-order valence-corrected chi connectivity index (χ1v) is 6.59. The largest absolute Gasteiger partial charge is 0.481 e. The highest BCUT2D eigenvalue weighted by Gasteiger charge is 2.22. The number of hydrogen-bond acceptors (Lipinski definition) is 4. The number of carboxylic acid groups (broad SMARTS) is 1. The van der Waals surface area contributed by atoms with E-state index in [1.165, 1.54) is 0 Å². The summed E-state index contributed by atoms with van der Waals surface area (Å²) in [5, 5.41) is 17.4. The van der Waals surface area contributed by atoms with Gasteiger partial charge >= 0.3 is 12.0 Å². The van der Waals surface area contributed by atoms with Crippen LogP contribution in [0.3, 0.4) is 0 Å². The van der Waals surface area contributed by atoms with E-state index in [1.54, 1.807) is 16.8 Å². The van der Waals surface area contributed by atoms with Gasteiger partial charge in [-0.05, 0) is 6.42 Å². The molecule has 1 aliphatic heterocycles. The third kappa shape index (κ3) is 5.44. The number of aliphatic hydroxyl groups excluding tert-OH is 1. The number of aliphatic carboxylic acids is 1. The number of piperazine rings is 1. The Morgan fingerprint density at radius 3 is 2.37 bits per heavy atom. The molecule has 0 spiro atoms. The number of amides is 2. The highest BCUT2D eigenvalue weighted by atomic mass is 16.4. The molecule has 1 aliphatic rings. The molecule has 7 heteroatoms. The average Bonchev–Trinajstić information content (AvgIpc) is 2.38. The highest BCUT2D eigenvalue weighted by Crippen LogP contribution is 2.05. The molecule has 0 aromatic carbocycles. The molecule has 0 aliphatic carbocycles. The van der Waals surface area contributed by atoms with E-state index in [4.69, 9.17) is 10.2 Å². The van der Waals surface area contributed by atoms with E-state index in [9.17, 15) is 9.59 Å². The molecule has 2 N–H and O–H groups in total. The van der Waals surface area contributed by atoms with Crippen LogP contribution in [0, 0.1) is 0 Å². The van der Waals surface area contributed by atoms with E-state index < -0.39 is 5.97 Å². The molecule has 1 heterocycles. The van der Waals surface area contributed by atoms with Crippen LogP contribution >= 0.6 is 0 Å². The van der Waals surface area contributed by atoms with Crippen molar-refractivity contribution in [2.75, 3.05) is 52.9 Å². The minimum atomic E-state index is -0.835. The molecular formula is C12H23N3O4. The first-order valence-electron chi connectivity index (χ1n) is 6.59. The Balaban J connectivity index is 2.27. The summed E-state index contributed by atoms with van der Waals surface area (Å²) in [4.78, 5) is 28.0. The van der Waals surface area contributed by atoms with Crippen molar-refractivity contribution in [3.63, 3.8) is 0 Å². The van der Waals surface area contributed by atoms with E-state index in [0.717, 1.165) is 13.1 Å². The maximum atomic E-state index is 12.1. The zero-order valence-electron chi connectivity index (χ0n) is 11.4. The third-order valence-corrected chi connectivity index (χ3v) is 3.27. The molecule has 0 unspecified atom stereocenters. The molecule has 1 saturated heterocycles. The predicted octanol–water partition coefficient (Wildman–Crippen LogP) is -0.487. The normalized spacial score (nSPS) is 16.4. The molecule has 1 fully saturated rings. The number of carbonyl (C=O) groups is 2. The van der Waals surface area contributed by atoms with Crippen LogP contribution in [0.5, 0.6) is 0 Å². The second-order valence-corrected chi connectivity index (χ2v) is 4.75. The van der Waals surface area contributed by atoms with Gasteiger partial charge in [0.05, 0.1) is 6.61 Å². The van der Waals surface area contributed by atoms with Gasteiger partial charge in [0.2, 0.25) is 0 Å². The number of rotatable bonds is 6. The summed E-state index contributed by atoms with van der Waals surface area (Å²) in [6.45, 7) is 4.11. The molecular weight excluding hydrogens is 250 g/mol. The molecule has 110 valence electrons. The number of aliphatic hydroxyl groups is 1. The Labute approximate surface area is 113 Å². The van der Waals surface area contributed by atoms with Gasteiger partial charge in [-0.25, -0.2) is 4.79 Å². The Kier molecular flexibility index (Phi) is 6.58. The van der Waals surface area contributed by atoms with Crippen molar-refractivity contribution < 1.29 is 19.8 Å². The smallest absolute Gasteiger partial charge is 0.319 e. The lowest BCUT2D eigenvalue weighted by molar-refractivity contribution is -0.137. The van der Waals surface area contributed by atoms with Crippen LogP contribution in [0.15, 0.2) is 0 Å². The summed E-state index contributed by atoms with van der Waals surface area (Å²) >= 11 is 0. The van der Waals surface area contributed by atoms with E-state index in [-0.39, 0.29) is 19.1 Å². The molecule has 0 bridgehead atoms. The standard InChI is InChI=1S/C12H23N3O4/c1-13(4-2-3-11(17)18)12(19)15-7-5-14(6-8-15)9-10-16/h16H,2-10H2,1H3,(H,17,18). The van der Waals surface area contributed by atoms with Crippen LogP contribution in [0.1, 0.15) is 12.8 Å². The van der Waals surface area contributed by atoms with Crippen molar-refractivity contribution in [1.29, 1.82) is 0 Å². The number of urea groups is 1. The first kappa shape index (κ1) is 15.7. The van der Waals surface area contributed by atoms with Crippen LogP contribution < -0.4 is 0 Å². The van der Waals surface area contributed by atoms with E-state index in [0.29, 0.717) is 32.6 Å². The zero-order chi connectivity index (χ0) is 14.3. The molecule has 2 amide bonds. The van der Waals surface area contributed by atoms with Crippen LogP contribution in [0.2, 0.25) is 0 Å². The molecule has 7 nitrogen and oxygen atoms in total. The third-order valence-electron chi connectivity index (χ3n) is 3.27. The van der Waals surface area contributed by atoms with E-state index >= 15 is 0 Å². The number of hydrogen-bond donors (Lipinski definition) is 2. The molecule has 19 heavy (non-hydrogen) atoms. The van der Waals surface area contributed by atoms with Crippen molar-refractivity contribution >= 4 is 12.0 Å². The Hall–Kier alpha value is -1.34. The van der Waals surface area contributed by atoms with E-state index in [2.05, 4.69) is 4.90 Å². The Bertz CT molecular complexity index is 303. The molecule has 0 aromatic rings. The number of carboxylic acids is 1. The molecule has 0 radical (unpaired) electrons. The van der Waals surface area contributed by atoms with Crippen LogP contribution in [0.25, 0.3) is 0 Å². The fourth-order valence-electron chi connectivity index (χ4n) is 2.11. The number of nitrogens with zero attached hydrogens (tertiary/aromatic N) is 3. The summed E-state index contributed by atoms with van der Waals surface area (Å²) in [6, 6.07) is -0.0472. The SMILES string of the molecule is CN(CCCC(=O)O)C(=O)N1CCN(CCO)CC1. The molecule has 1 rings (SSSR count). The molecule has 0 aromatic heterocycles. The fraction of sp³-hybridized carbons (Fsp3) is 0.833. The minimum absolute atomic E-state index is 0.0472. The minimum Gasteiger partial charge on any atom is -0.481 e. The second-order valence-electron chi connectivity index (χ2n) is 4.75. The van der Waals surface area contributed by atoms with Crippen molar-refractivity contribution in [2.24, 2.45) is 0 Å². The lowest BCUT2D eigenvalue weighted by atomic mass is 10.3. The summed E-state index contributed by atoms with van der Waals surface area (Å²) in [5.41, 5.74) is 0. The van der Waals surface area contributed by atoms with Gasteiger partial charge in [0, 0.05) is 52.7 Å². The number of carbonyl (C=O) groups excluding carboxylic acids is 1. The highest BCUT2D eigenvalue weighted by molar-refractivity contribution is 5.74. The maximum absolute atomic E-state index is 12.1. The zero-order valence-corrected chi connectivity index (χ0v) is 11.4. The fourth-order valence-corrected chi connectivity index (χ4v) is 2.11. The van der Waals surface area contributed by atoms with Gasteiger partial charge in [-0.3, -0.25) is 9.69 Å². The second kappa shape index (κ2) is 7.96. The maximum Gasteiger partial charge on any atom is 0.319 e. The topological polar surface area (TPSA) is 84.3 Å². The first-order chi connectivity index (χ1) is 9.04. The van der Waals surface area contributed by atoms with Gasteiger partial charge in [-0.2, -0.15) is 0 Å². The van der Waals surface area contributed by atoms with Gasteiger partial charge in [0.15, 0.2) is 0 Å². The van der Waals surface area contributed by atoms with E-state index in [1.807, 2.05) is 0 Å². The Morgan fingerprint density at radius 1 is 1.21 bits per heavy atom. The summed E-state index contributed by atoms with van der Waals surface area (Å²) in [7, 11) is 1.70. The van der Waals surface area contributed by atoms with Crippen LogP contribution in [-0.2, 0) is 4.79 Å². The van der Waals surface area contributed by atoms with Gasteiger partial charge in [0.25, 0.3) is 0 Å². The monoisotopic (exact) mass is 273 g/mol. The average molecular weight is 273 g/mol. The van der Waals surface area contributed by atoms with Crippen molar-refractivity contribution in [3.8, 4) is 0 Å². The summed E-state index contributed by atoms with van der Waals surface area (Å²) < 4.78 is 0. The van der Waals surface area contributed by atoms with Crippen LogP contribution in [-0.4, -0.2) is 89.8 Å². The lowest BCUT2D eigenvalue weighted by Gasteiger charge is -2.36. The summed E-state index contributed by atoms with van der Waals surface area (Å²) in [5.74, 6) is -0.835. The van der Waals surface area contributed by atoms with Crippen molar-refractivity contribution in [3.05, 3.63) is 0 Å². The van der Waals surface area contributed by atoms with Crippen molar-refractivity contribution in [1.82, 2.24) is 14.7 Å². The van der Waals surface area contributed by atoms with Gasteiger partial charge < -0.3 is 20.0 Å². The van der Waals surface area contributed by atoms with Crippen LogP contribution in [0.4, 0.5) is 4.79 Å². The molecule has 0 atom stereocenters. The van der Waals surface area contributed by atoms with Gasteiger partial charge in [0.1, 0.15) is 0 Å². The predicted molar refractivity (Wildman–Crippen MR) is 70.0 cm³/mol. The van der Waals surface area contributed by atoms with Gasteiger partial charge in [-0.1, -0.05) is 0 Å². The summed E-state index contributed by atoms with van der Waals surface area (Å²) in [6.07, 6.45) is 0.559. The Morgan fingerprint density at radius 2 is 1.84 bits per heavy atom. The number of β-amino-alcohol motifs (C(OH)–C–C–N with tert-alkyl or cyclic N) is 1. The quantitative estimate of drug-likeness (QED) is 0.682. The van der Waals surface area contributed by atoms with Crippen molar-refractivity contribution in [2.45, 2.75) is 12.8 Å². The lowest BCUT2D eigenvalue weighted by Crippen LogP contribution is -2.52.